The largest absolute Gasteiger partial charge is 0.494 e. The zero-order valence-corrected chi connectivity index (χ0v) is 15.8. The summed E-state index contributed by atoms with van der Waals surface area (Å²) in [6.45, 7) is 7.50. The first-order chi connectivity index (χ1) is 11.8. The maximum atomic E-state index is 12.5. The maximum absolute atomic E-state index is 12.5. The van der Waals surface area contributed by atoms with E-state index in [9.17, 15) is 9.59 Å². The fraction of sp³-hybridized carbons (Fsp3) is 0.389. The lowest BCUT2D eigenvalue weighted by atomic mass is 10.1. The molecule has 0 aliphatic heterocycles. The number of carbonyl (C=O) groups excluding carboxylic acids is 2. The molecule has 0 saturated carbocycles. The third kappa shape index (κ3) is 4.36. The number of thiazole rings is 1. The quantitative estimate of drug-likeness (QED) is 0.799. The number of aromatic nitrogens is 1. The Morgan fingerprint density at radius 1 is 1.24 bits per heavy atom. The molecule has 2 rings (SSSR count). The first-order valence-corrected chi connectivity index (χ1v) is 8.71. The number of hydrogen-bond donors (Lipinski definition) is 1. The summed E-state index contributed by atoms with van der Waals surface area (Å²) in [4.78, 5) is 29.2. The van der Waals surface area contributed by atoms with Crippen molar-refractivity contribution in [2.45, 2.75) is 33.2 Å². The monoisotopic (exact) mass is 362 g/mol. The van der Waals surface area contributed by atoms with Gasteiger partial charge < -0.3 is 14.8 Å². The average molecular weight is 362 g/mol. The zero-order valence-electron chi connectivity index (χ0n) is 15.0. The van der Waals surface area contributed by atoms with Gasteiger partial charge in [-0.3, -0.25) is 4.79 Å². The van der Waals surface area contributed by atoms with Gasteiger partial charge in [0.1, 0.15) is 21.2 Å². The van der Waals surface area contributed by atoms with Crippen molar-refractivity contribution in [3.05, 3.63) is 34.8 Å². The molecule has 1 aromatic heterocycles. The van der Waals surface area contributed by atoms with Crippen LogP contribution in [0, 0.1) is 6.92 Å². The van der Waals surface area contributed by atoms with Crippen molar-refractivity contribution in [3.63, 3.8) is 0 Å². The number of carbonyl (C=O) groups is 2. The van der Waals surface area contributed by atoms with E-state index < -0.39 is 11.5 Å². The molecule has 0 aliphatic carbocycles. The van der Waals surface area contributed by atoms with Gasteiger partial charge in [0.2, 0.25) is 0 Å². The molecule has 0 radical (unpaired) electrons. The maximum Gasteiger partial charge on any atom is 0.330 e. The minimum Gasteiger partial charge on any atom is -0.494 e. The lowest BCUT2D eigenvalue weighted by Crippen LogP contribution is -2.50. The number of benzene rings is 1. The second-order valence-corrected chi connectivity index (χ2v) is 6.96. The molecule has 0 aliphatic rings. The standard InChI is InChI=1S/C18H22N2O4S/c1-6-24-13-9-7-12(8-10-13)16-19-11(2)14(25-16)15(21)20-18(3,4)17(22)23-5/h7-10H,6H2,1-5H3,(H,20,21). The lowest BCUT2D eigenvalue weighted by molar-refractivity contribution is -0.146. The van der Waals surface area contributed by atoms with Crippen LogP contribution < -0.4 is 10.1 Å². The summed E-state index contributed by atoms with van der Waals surface area (Å²) in [5.74, 6) is -0.0605. The van der Waals surface area contributed by atoms with Gasteiger partial charge >= 0.3 is 5.97 Å². The van der Waals surface area contributed by atoms with Gasteiger partial charge in [-0.15, -0.1) is 11.3 Å². The first-order valence-electron chi connectivity index (χ1n) is 7.90. The molecule has 0 spiro atoms. The minimum absolute atomic E-state index is 0.345. The molecule has 25 heavy (non-hydrogen) atoms. The van der Waals surface area contributed by atoms with Crippen LogP contribution in [0.2, 0.25) is 0 Å². The highest BCUT2D eigenvalue weighted by atomic mass is 32.1. The van der Waals surface area contributed by atoms with Crippen LogP contribution in [0.25, 0.3) is 10.6 Å². The summed E-state index contributed by atoms with van der Waals surface area (Å²) in [5, 5.41) is 3.43. The Kier molecular flexibility index (Phi) is 5.79. The highest BCUT2D eigenvalue weighted by molar-refractivity contribution is 7.17. The zero-order chi connectivity index (χ0) is 18.6. The fourth-order valence-corrected chi connectivity index (χ4v) is 3.20. The number of hydrogen-bond acceptors (Lipinski definition) is 6. The highest BCUT2D eigenvalue weighted by Crippen LogP contribution is 2.29. The minimum atomic E-state index is -1.11. The van der Waals surface area contributed by atoms with Crippen molar-refractivity contribution in [3.8, 4) is 16.3 Å². The summed E-state index contributed by atoms with van der Waals surface area (Å²) in [6.07, 6.45) is 0. The van der Waals surface area contributed by atoms with Gasteiger partial charge in [-0.1, -0.05) is 0 Å². The number of rotatable bonds is 6. The third-order valence-corrected chi connectivity index (χ3v) is 4.74. The van der Waals surface area contributed by atoms with Gasteiger partial charge in [0.05, 0.1) is 19.4 Å². The van der Waals surface area contributed by atoms with Gasteiger partial charge in [0.25, 0.3) is 5.91 Å². The fourth-order valence-electron chi connectivity index (χ4n) is 2.24. The van der Waals surface area contributed by atoms with Crippen molar-refractivity contribution < 1.29 is 19.1 Å². The molecular formula is C18H22N2O4S. The highest BCUT2D eigenvalue weighted by Gasteiger charge is 2.32. The van der Waals surface area contributed by atoms with Gasteiger partial charge in [-0.05, 0) is 52.0 Å². The van der Waals surface area contributed by atoms with Crippen molar-refractivity contribution in [2.75, 3.05) is 13.7 Å². The van der Waals surface area contributed by atoms with E-state index >= 15 is 0 Å². The molecule has 0 unspecified atom stereocenters. The molecule has 0 saturated heterocycles. The van der Waals surface area contributed by atoms with Crippen molar-refractivity contribution in [2.24, 2.45) is 0 Å². The molecular weight excluding hydrogens is 340 g/mol. The van der Waals surface area contributed by atoms with E-state index in [1.807, 2.05) is 31.2 Å². The van der Waals surface area contributed by atoms with Gasteiger partial charge in [0, 0.05) is 5.56 Å². The third-order valence-electron chi connectivity index (χ3n) is 3.54. The van der Waals surface area contributed by atoms with Crippen LogP contribution >= 0.6 is 11.3 Å². The molecule has 1 N–H and O–H groups in total. The molecule has 2 aromatic rings. The van der Waals surface area contributed by atoms with E-state index in [1.54, 1.807) is 20.8 Å². The number of nitrogens with zero attached hydrogens (tertiary/aromatic N) is 1. The molecule has 6 nitrogen and oxygen atoms in total. The number of ether oxygens (including phenoxy) is 2. The topological polar surface area (TPSA) is 77.5 Å². The summed E-state index contributed by atoms with van der Waals surface area (Å²) in [7, 11) is 1.29. The summed E-state index contributed by atoms with van der Waals surface area (Å²) in [5.41, 5.74) is 0.413. The molecule has 0 bridgehead atoms. The van der Waals surface area contributed by atoms with Crippen molar-refractivity contribution >= 4 is 23.2 Å². The Bertz CT molecular complexity index is 766. The first kappa shape index (κ1) is 18.9. The Hall–Kier alpha value is -2.41. The number of esters is 1. The summed E-state index contributed by atoms with van der Waals surface area (Å²) in [6, 6.07) is 7.55. The summed E-state index contributed by atoms with van der Waals surface area (Å²) < 4.78 is 10.1. The van der Waals surface area contributed by atoms with Crippen LogP contribution in [0.1, 0.15) is 36.1 Å². The second-order valence-electron chi connectivity index (χ2n) is 5.96. The number of amides is 1. The van der Waals surface area contributed by atoms with Crippen LogP contribution in [0.4, 0.5) is 0 Å². The van der Waals surface area contributed by atoms with E-state index in [2.05, 4.69) is 10.3 Å². The number of methoxy groups -OCH3 is 1. The van der Waals surface area contributed by atoms with Gasteiger partial charge in [-0.2, -0.15) is 0 Å². The Morgan fingerprint density at radius 2 is 1.88 bits per heavy atom. The van der Waals surface area contributed by atoms with Crippen LogP contribution in [0.5, 0.6) is 5.75 Å². The molecule has 0 atom stereocenters. The van der Waals surface area contributed by atoms with Gasteiger partial charge in [0.15, 0.2) is 0 Å². The van der Waals surface area contributed by atoms with E-state index in [-0.39, 0.29) is 5.91 Å². The molecule has 1 aromatic carbocycles. The smallest absolute Gasteiger partial charge is 0.330 e. The van der Waals surface area contributed by atoms with Gasteiger partial charge in [-0.25, -0.2) is 9.78 Å². The van der Waals surface area contributed by atoms with Crippen LogP contribution in [-0.2, 0) is 9.53 Å². The van der Waals surface area contributed by atoms with E-state index in [4.69, 9.17) is 9.47 Å². The van der Waals surface area contributed by atoms with E-state index in [0.717, 1.165) is 16.3 Å². The van der Waals surface area contributed by atoms with Crippen molar-refractivity contribution in [1.29, 1.82) is 0 Å². The molecule has 134 valence electrons. The number of aryl methyl sites for hydroxylation is 1. The van der Waals surface area contributed by atoms with Crippen molar-refractivity contribution in [1.82, 2.24) is 10.3 Å². The Labute approximate surface area is 151 Å². The predicted octanol–water partition coefficient (Wildman–Crippen LogP) is 3.20. The molecule has 0 fully saturated rings. The molecule has 7 heteroatoms. The van der Waals surface area contributed by atoms with Crippen LogP contribution in [-0.4, -0.2) is 36.1 Å². The number of nitrogens with one attached hydrogen (secondary N) is 1. The van der Waals surface area contributed by atoms with E-state index in [0.29, 0.717) is 17.2 Å². The molecule has 1 heterocycles. The normalized spacial score (nSPS) is 11.1. The Balaban J connectivity index is 2.21. The predicted molar refractivity (Wildman–Crippen MR) is 97.0 cm³/mol. The van der Waals surface area contributed by atoms with Crippen LogP contribution in [0.3, 0.4) is 0 Å². The SMILES string of the molecule is CCOc1ccc(-c2nc(C)c(C(=O)NC(C)(C)C(=O)OC)s2)cc1. The molecule has 1 amide bonds. The lowest BCUT2D eigenvalue weighted by Gasteiger charge is -2.22. The van der Waals surface area contributed by atoms with E-state index in [1.165, 1.54) is 18.4 Å². The Morgan fingerprint density at radius 3 is 2.44 bits per heavy atom. The average Bonchev–Trinajstić information content (AvgIpc) is 2.96. The summed E-state index contributed by atoms with van der Waals surface area (Å²) >= 11 is 1.28. The van der Waals surface area contributed by atoms with Crippen LogP contribution in [0.15, 0.2) is 24.3 Å². The second kappa shape index (κ2) is 7.65.